The van der Waals surface area contributed by atoms with Gasteiger partial charge in [-0.3, -0.25) is 19.4 Å². The molecule has 0 radical (unpaired) electrons. The number of nitrogens with two attached hydrogens (primary N) is 2. The van der Waals surface area contributed by atoms with Crippen LogP contribution in [0.25, 0.3) is 0 Å². The Morgan fingerprint density at radius 1 is 1.21 bits per heavy atom. The molecule has 13 heteroatoms. The summed E-state index contributed by atoms with van der Waals surface area (Å²) in [7, 11) is -4.11. The Labute approximate surface area is 195 Å². The molecule has 182 valence electrons. The van der Waals surface area contributed by atoms with E-state index in [1.54, 1.807) is 16.7 Å². The fourth-order valence-corrected chi connectivity index (χ4v) is 4.82. The molecule has 0 aliphatic carbocycles. The number of sulfonamides is 1. The van der Waals surface area contributed by atoms with Crippen molar-refractivity contribution in [1.29, 1.82) is 0 Å². The molecule has 0 saturated carbocycles. The van der Waals surface area contributed by atoms with Crippen molar-refractivity contribution in [1.82, 2.24) is 14.6 Å². The van der Waals surface area contributed by atoms with Crippen LogP contribution < -0.4 is 27.1 Å². The van der Waals surface area contributed by atoms with Gasteiger partial charge in [-0.25, -0.2) is 8.42 Å². The summed E-state index contributed by atoms with van der Waals surface area (Å²) in [6.45, 7) is 0.292. The molecule has 1 aliphatic rings. The smallest absolute Gasteiger partial charge is 0.323 e. The van der Waals surface area contributed by atoms with Gasteiger partial charge in [-0.05, 0) is 37.0 Å². The summed E-state index contributed by atoms with van der Waals surface area (Å²) in [5.74, 6) is -2.08. The molecule has 2 heterocycles. The van der Waals surface area contributed by atoms with Gasteiger partial charge in [-0.1, -0.05) is 18.2 Å². The lowest BCUT2D eigenvalue weighted by atomic mass is 9.96. The third-order valence-electron chi connectivity index (χ3n) is 5.37. The highest BCUT2D eigenvalue weighted by Crippen LogP contribution is 2.19. The minimum Gasteiger partial charge on any atom is -0.480 e. The highest BCUT2D eigenvalue weighted by atomic mass is 32.2. The fraction of sp³-hybridized carbons (Fsp3) is 0.333. The highest BCUT2D eigenvalue weighted by Gasteiger charge is 2.26. The van der Waals surface area contributed by atoms with Crippen LogP contribution in [0.2, 0.25) is 0 Å². The van der Waals surface area contributed by atoms with E-state index in [9.17, 15) is 27.9 Å². The fourth-order valence-electron chi connectivity index (χ4n) is 3.61. The van der Waals surface area contributed by atoms with Gasteiger partial charge in [0.15, 0.2) is 5.96 Å². The quantitative estimate of drug-likeness (QED) is 0.214. The van der Waals surface area contributed by atoms with E-state index in [2.05, 4.69) is 15.0 Å². The van der Waals surface area contributed by atoms with Crippen LogP contribution in [0, 0.1) is 5.92 Å². The van der Waals surface area contributed by atoms with Crippen molar-refractivity contribution in [3.8, 4) is 0 Å². The van der Waals surface area contributed by atoms with Gasteiger partial charge < -0.3 is 26.5 Å². The second-order valence-electron chi connectivity index (χ2n) is 7.89. The van der Waals surface area contributed by atoms with Crippen LogP contribution in [0.4, 0.5) is 0 Å². The van der Waals surface area contributed by atoms with Crippen LogP contribution in [0.3, 0.4) is 0 Å². The minimum absolute atomic E-state index is 0.0177. The number of fused-ring (bicyclic) bond motifs is 1. The summed E-state index contributed by atoms with van der Waals surface area (Å²) in [6.07, 6.45) is 1.26. The van der Waals surface area contributed by atoms with E-state index in [0.717, 1.165) is 12.5 Å². The monoisotopic (exact) mass is 490 g/mol. The zero-order valence-electron chi connectivity index (χ0n) is 18.2. The van der Waals surface area contributed by atoms with Crippen molar-refractivity contribution in [3.63, 3.8) is 0 Å². The standard InChI is InChI=1S/C21H26N6O6S/c22-21(23)25-10-13-6-7-15-8-14(9-18(28)27(15)12-13)19(29)24-11-17(20(30)31)26-34(32,33)16-4-2-1-3-5-16/h1-5,8-9,13,17,26H,6-7,10-12H2,(H,24,29)(H,30,31)(H4,22,23,25)/t13-,17-/m0/s1. The molecule has 0 unspecified atom stereocenters. The predicted octanol–water partition coefficient (Wildman–Crippen LogP) is -1.15. The van der Waals surface area contributed by atoms with Gasteiger partial charge in [0.1, 0.15) is 6.04 Å². The van der Waals surface area contributed by atoms with Gasteiger partial charge in [0.05, 0.1) is 4.90 Å². The number of nitrogens with zero attached hydrogens (tertiary/aromatic N) is 2. The lowest BCUT2D eigenvalue weighted by Crippen LogP contribution is -2.48. The third-order valence-corrected chi connectivity index (χ3v) is 6.86. The first kappa shape index (κ1) is 24.9. The third kappa shape index (κ3) is 6.20. The van der Waals surface area contributed by atoms with Crippen molar-refractivity contribution in [2.75, 3.05) is 13.1 Å². The van der Waals surface area contributed by atoms with Crippen LogP contribution in [-0.2, 0) is 27.8 Å². The molecule has 0 fully saturated rings. The van der Waals surface area contributed by atoms with Gasteiger partial charge >= 0.3 is 5.97 Å². The molecule has 1 amide bonds. The Morgan fingerprint density at radius 3 is 2.56 bits per heavy atom. The van der Waals surface area contributed by atoms with E-state index in [0.29, 0.717) is 25.2 Å². The predicted molar refractivity (Wildman–Crippen MR) is 124 cm³/mol. The molecular weight excluding hydrogens is 464 g/mol. The van der Waals surface area contributed by atoms with E-state index in [4.69, 9.17) is 11.5 Å². The number of hydrogen-bond donors (Lipinski definition) is 5. The first-order valence-electron chi connectivity index (χ1n) is 10.4. The van der Waals surface area contributed by atoms with Crippen molar-refractivity contribution >= 4 is 27.9 Å². The molecule has 0 spiro atoms. The van der Waals surface area contributed by atoms with E-state index < -0.39 is 34.5 Å². The SMILES string of the molecule is NC(N)=NC[C@@H]1CCc2cc(C(=O)NC[C@H](NS(=O)(=O)c3ccccc3)C(=O)O)cc(=O)n2C1. The number of carbonyl (C=O) groups is 2. The Morgan fingerprint density at radius 2 is 1.91 bits per heavy atom. The van der Waals surface area contributed by atoms with Crippen molar-refractivity contribution in [2.24, 2.45) is 22.4 Å². The Hall–Kier alpha value is -3.71. The Balaban J connectivity index is 1.68. The Kier molecular flexibility index (Phi) is 7.68. The van der Waals surface area contributed by atoms with E-state index in [-0.39, 0.29) is 27.9 Å². The molecule has 12 nitrogen and oxygen atoms in total. The van der Waals surface area contributed by atoms with Crippen LogP contribution in [0.1, 0.15) is 22.5 Å². The normalized spacial score (nSPS) is 16.2. The zero-order chi connectivity index (χ0) is 24.9. The summed E-state index contributed by atoms with van der Waals surface area (Å²) in [6, 6.07) is 8.39. The van der Waals surface area contributed by atoms with Crippen LogP contribution >= 0.6 is 0 Å². The van der Waals surface area contributed by atoms with Crippen LogP contribution in [0.5, 0.6) is 0 Å². The van der Waals surface area contributed by atoms with E-state index in [1.165, 1.54) is 24.3 Å². The largest absolute Gasteiger partial charge is 0.480 e. The molecule has 1 aliphatic heterocycles. The summed E-state index contributed by atoms with van der Waals surface area (Å²) < 4.78 is 28.5. The molecular formula is C21H26N6O6S. The number of guanidine groups is 1. The molecule has 1 aromatic carbocycles. The molecule has 2 aromatic rings. The maximum atomic E-state index is 12.6. The number of aromatic nitrogens is 1. The van der Waals surface area contributed by atoms with E-state index >= 15 is 0 Å². The van der Waals surface area contributed by atoms with Crippen molar-refractivity contribution < 1.29 is 23.1 Å². The number of aliphatic imine (C=N–C) groups is 1. The number of pyridine rings is 1. The number of hydrogen-bond acceptors (Lipinski definition) is 6. The van der Waals surface area contributed by atoms with Gasteiger partial charge in [0, 0.05) is 37.0 Å². The molecule has 1 aromatic heterocycles. The van der Waals surface area contributed by atoms with Gasteiger partial charge in [-0.15, -0.1) is 0 Å². The molecule has 3 rings (SSSR count). The molecule has 0 saturated heterocycles. The zero-order valence-corrected chi connectivity index (χ0v) is 19.0. The molecule has 2 atom stereocenters. The lowest BCUT2D eigenvalue weighted by Gasteiger charge is -2.25. The summed E-state index contributed by atoms with van der Waals surface area (Å²) in [4.78, 5) is 40.6. The Bertz CT molecular complexity index is 1250. The molecule has 34 heavy (non-hydrogen) atoms. The van der Waals surface area contributed by atoms with Crippen molar-refractivity contribution in [3.05, 3.63) is 64.1 Å². The van der Waals surface area contributed by atoms with Crippen molar-refractivity contribution in [2.45, 2.75) is 30.3 Å². The highest BCUT2D eigenvalue weighted by molar-refractivity contribution is 7.89. The topological polar surface area (TPSA) is 199 Å². The number of aliphatic carboxylic acids is 1. The number of carbonyl (C=O) groups excluding carboxylic acids is 1. The summed E-state index contributed by atoms with van der Waals surface area (Å²) in [5, 5.41) is 11.8. The number of aryl methyl sites for hydroxylation is 1. The first-order valence-corrected chi connectivity index (χ1v) is 11.9. The number of carboxylic acid groups (broad SMARTS) is 1. The lowest BCUT2D eigenvalue weighted by molar-refractivity contribution is -0.138. The van der Waals surface area contributed by atoms with Gasteiger partial charge in [-0.2, -0.15) is 4.72 Å². The molecule has 7 N–H and O–H groups in total. The number of amides is 1. The maximum Gasteiger partial charge on any atom is 0.323 e. The maximum absolute atomic E-state index is 12.6. The number of carboxylic acids is 1. The number of nitrogens with one attached hydrogen (secondary N) is 2. The van der Waals surface area contributed by atoms with E-state index in [1.807, 2.05) is 0 Å². The second kappa shape index (κ2) is 10.5. The number of benzene rings is 1. The summed E-state index contributed by atoms with van der Waals surface area (Å²) in [5.41, 5.74) is 11.1. The summed E-state index contributed by atoms with van der Waals surface area (Å²) >= 11 is 0. The number of rotatable bonds is 9. The van der Waals surface area contributed by atoms with Crippen LogP contribution in [-0.4, -0.2) is 55.1 Å². The average Bonchev–Trinajstić information content (AvgIpc) is 2.80. The first-order chi connectivity index (χ1) is 16.1. The van der Waals surface area contributed by atoms with Crippen LogP contribution in [0.15, 0.2) is 57.1 Å². The van der Waals surface area contributed by atoms with Gasteiger partial charge in [0.25, 0.3) is 11.5 Å². The average molecular weight is 491 g/mol. The second-order valence-corrected chi connectivity index (χ2v) is 9.60. The molecule has 0 bridgehead atoms. The minimum atomic E-state index is -4.11. The van der Waals surface area contributed by atoms with Gasteiger partial charge in [0.2, 0.25) is 10.0 Å².